The summed E-state index contributed by atoms with van der Waals surface area (Å²) in [5.74, 6) is 0.905. The lowest BCUT2D eigenvalue weighted by molar-refractivity contribution is -0.140. The molecule has 0 spiro atoms. The Kier molecular flexibility index (Phi) is 4.63. The standard InChI is InChI=1S/C17H26N2O2/c1-14(18-9-4-5-10-18)17(20)19-11-3-2-6-16(19)15-7-12-21-13-8-15/h4-5,9-10,14-16H,2-3,6-8,11-13H2,1H3. The Labute approximate surface area is 127 Å². The van der Waals surface area contributed by atoms with Crippen molar-refractivity contribution in [3.05, 3.63) is 24.5 Å². The van der Waals surface area contributed by atoms with Gasteiger partial charge in [-0.15, -0.1) is 0 Å². The molecule has 0 N–H and O–H groups in total. The summed E-state index contributed by atoms with van der Waals surface area (Å²) < 4.78 is 7.50. The summed E-state index contributed by atoms with van der Waals surface area (Å²) in [6.07, 6.45) is 9.73. The fourth-order valence-electron chi connectivity index (χ4n) is 3.80. The first-order chi connectivity index (χ1) is 10.3. The highest BCUT2D eigenvalue weighted by Gasteiger charge is 2.35. The summed E-state index contributed by atoms with van der Waals surface area (Å²) in [5.41, 5.74) is 0. The molecule has 2 aliphatic heterocycles. The van der Waals surface area contributed by atoms with Gasteiger partial charge in [-0.2, -0.15) is 0 Å². The number of rotatable bonds is 3. The lowest BCUT2D eigenvalue weighted by atomic mass is 9.85. The highest BCUT2D eigenvalue weighted by molar-refractivity contribution is 5.80. The van der Waals surface area contributed by atoms with Crippen LogP contribution < -0.4 is 0 Å². The number of carbonyl (C=O) groups is 1. The fourth-order valence-corrected chi connectivity index (χ4v) is 3.80. The summed E-state index contributed by atoms with van der Waals surface area (Å²) >= 11 is 0. The van der Waals surface area contributed by atoms with Gasteiger partial charge in [0.1, 0.15) is 6.04 Å². The largest absolute Gasteiger partial charge is 0.381 e. The predicted octanol–water partition coefficient (Wildman–Crippen LogP) is 2.86. The molecule has 1 amide bonds. The predicted molar refractivity (Wildman–Crippen MR) is 82.0 cm³/mol. The van der Waals surface area contributed by atoms with Crippen LogP contribution in [0.1, 0.15) is 45.1 Å². The molecule has 0 aliphatic carbocycles. The molecule has 0 radical (unpaired) electrons. The minimum atomic E-state index is -0.0968. The van der Waals surface area contributed by atoms with Gasteiger partial charge < -0.3 is 14.2 Å². The maximum atomic E-state index is 12.9. The van der Waals surface area contributed by atoms with Crippen LogP contribution in [0.15, 0.2) is 24.5 Å². The summed E-state index contributed by atoms with van der Waals surface area (Å²) in [4.78, 5) is 15.1. The van der Waals surface area contributed by atoms with Gasteiger partial charge in [-0.1, -0.05) is 0 Å². The molecule has 3 rings (SSSR count). The van der Waals surface area contributed by atoms with Crippen molar-refractivity contribution in [3.8, 4) is 0 Å². The van der Waals surface area contributed by atoms with E-state index in [0.29, 0.717) is 12.0 Å². The van der Waals surface area contributed by atoms with E-state index in [0.717, 1.165) is 45.4 Å². The highest BCUT2D eigenvalue weighted by Crippen LogP contribution is 2.31. The molecule has 3 heterocycles. The fraction of sp³-hybridized carbons (Fsp3) is 0.706. The quantitative estimate of drug-likeness (QED) is 0.858. The average Bonchev–Trinajstić information content (AvgIpc) is 3.09. The Hall–Kier alpha value is -1.29. The highest BCUT2D eigenvalue weighted by atomic mass is 16.5. The second-order valence-corrected chi connectivity index (χ2v) is 6.35. The van der Waals surface area contributed by atoms with Crippen molar-refractivity contribution in [3.63, 3.8) is 0 Å². The van der Waals surface area contributed by atoms with E-state index >= 15 is 0 Å². The molecule has 2 fully saturated rings. The van der Waals surface area contributed by atoms with Crippen LogP contribution in [0.3, 0.4) is 0 Å². The molecule has 1 aromatic heterocycles. The SMILES string of the molecule is CC(C(=O)N1CCCCC1C1CCOCC1)n1cccc1. The third-order valence-electron chi connectivity index (χ3n) is 5.07. The number of ether oxygens (including phenoxy) is 1. The Morgan fingerprint density at radius 3 is 2.57 bits per heavy atom. The molecule has 1 aromatic rings. The molecule has 0 bridgehead atoms. The van der Waals surface area contributed by atoms with E-state index in [9.17, 15) is 4.79 Å². The number of likely N-dealkylation sites (tertiary alicyclic amines) is 1. The van der Waals surface area contributed by atoms with Crippen molar-refractivity contribution in [1.82, 2.24) is 9.47 Å². The lowest BCUT2D eigenvalue weighted by Crippen LogP contribution is -2.50. The zero-order valence-corrected chi connectivity index (χ0v) is 12.9. The summed E-state index contributed by atoms with van der Waals surface area (Å²) in [6.45, 7) is 4.65. The van der Waals surface area contributed by atoms with Crippen molar-refractivity contribution in [2.45, 2.75) is 51.1 Å². The summed E-state index contributed by atoms with van der Waals surface area (Å²) in [7, 11) is 0. The van der Waals surface area contributed by atoms with Gasteiger partial charge in [0.15, 0.2) is 0 Å². The molecular formula is C17H26N2O2. The number of amides is 1. The Morgan fingerprint density at radius 1 is 1.14 bits per heavy atom. The third-order valence-corrected chi connectivity index (χ3v) is 5.07. The van der Waals surface area contributed by atoms with Crippen LogP contribution in [0.4, 0.5) is 0 Å². The van der Waals surface area contributed by atoms with E-state index in [2.05, 4.69) is 4.90 Å². The molecule has 4 heteroatoms. The van der Waals surface area contributed by atoms with Gasteiger partial charge in [-0.3, -0.25) is 4.79 Å². The van der Waals surface area contributed by atoms with Crippen LogP contribution in [0.2, 0.25) is 0 Å². The molecule has 0 aromatic carbocycles. The Morgan fingerprint density at radius 2 is 1.86 bits per heavy atom. The van der Waals surface area contributed by atoms with Crippen molar-refractivity contribution >= 4 is 5.91 Å². The van der Waals surface area contributed by atoms with Crippen LogP contribution in [-0.4, -0.2) is 41.2 Å². The van der Waals surface area contributed by atoms with E-state index in [1.807, 2.05) is 36.0 Å². The molecule has 2 unspecified atom stereocenters. The second-order valence-electron chi connectivity index (χ2n) is 6.35. The normalized spacial score (nSPS) is 25.8. The maximum absolute atomic E-state index is 12.9. The van der Waals surface area contributed by atoms with Crippen LogP contribution in [-0.2, 0) is 9.53 Å². The average molecular weight is 290 g/mol. The minimum absolute atomic E-state index is 0.0968. The van der Waals surface area contributed by atoms with Gasteiger partial charge >= 0.3 is 0 Å². The first-order valence-corrected chi connectivity index (χ1v) is 8.28. The Bertz CT molecular complexity index is 451. The van der Waals surface area contributed by atoms with Crippen LogP contribution in [0.25, 0.3) is 0 Å². The third kappa shape index (κ3) is 3.15. The first-order valence-electron chi connectivity index (χ1n) is 8.28. The van der Waals surface area contributed by atoms with Crippen LogP contribution >= 0.6 is 0 Å². The van der Waals surface area contributed by atoms with Gasteiger partial charge in [-0.05, 0) is 57.1 Å². The van der Waals surface area contributed by atoms with Gasteiger partial charge in [-0.25, -0.2) is 0 Å². The lowest BCUT2D eigenvalue weighted by Gasteiger charge is -2.43. The van der Waals surface area contributed by atoms with Crippen molar-refractivity contribution in [1.29, 1.82) is 0 Å². The molecule has 2 aliphatic rings. The first kappa shape index (κ1) is 14.6. The molecule has 0 saturated carbocycles. The van der Waals surface area contributed by atoms with E-state index in [1.165, 1.54) is 6.42 Å². The zero-order chi connectivity index (χ0) is 14.7. The monoisotopic (exact) mass is 290 g/mol. The number of hydrogen-bond donors (Lipinski definition) is 0. The second kappa shape index (κ2) is 6.65. The molecular weight excluding hydrogens is 264 g/mol. The van der Waals surface area contributed by atoms with Gasteiger partial charge in [0, 0.05) is 38.2 Å². The number of piperidine rings is 1. The summed E-state index contributed by atoms with van der Waals surface area (Å²) in [6, 6.07) is 4.29. The molecule has 2 saturated heterocycles. The number of nitrogens with zero attached hydrogens (tertiary/aromatic N) is 2. The molecule has 21 heavy (non-hydrogen) atoms. The van der Waals surface area contributed by atoms with Crippen molar-refractivity contribution in [2.75, 3.05) is 19.8 Å². The maximum Gasteiger partial charge on any atom is 0.245 e. The molecule has 116 valence electrons. The van der Waals surface area contributed by atoms with E-state index in [4.69, 9.17) is 4.74 Å². The van der Waals surface area contributed by atoms with Gasteiger partial charge in [0.05, 0.1) is 0 Å². The zero-order valence-electron chi connectivity index (χ0n) is 12.9. The number of hydrogen-bond acceptors (Lipinski definition) is 2. The van der Waals surface area contributed by atoms with Gasteiger partial charge in [0.2, 0.25) is 5.91 Å². The van der Waals surface area contributed by atoms with E-state index in [1.54, 1.807) is 0 Å². The van der Waals surface area contributed by atoms with Crippen molar-refractivity contribution < 1.29 is 9.53 Å². The number of aromatic nitrogens is 1. The molecule has 4 nitrogen and oxygen atoms in total. The Balaban J connectivity index is 1.72. The molecule has 2 atom stereocenters. The summed E-state index contributed by atoms with van der Waals surface area (Å²) in [5, 5.41) is 0. The topological polar surface area (TPSA) is 34.5 Å². The smallest absolute Gasteiger partial charge is 0.245 e. The minimum Gasteiger partial charge on any atom is -0.381 e. The van der Waals surface area contributed by atoms with Gasteiger partial charge in [0.25, 0.3) is 0 Å². The van der Waals surface area contributed by atoms with E-state index < -0.39 is 0 Å². The van der Waals surface area contributed by atoms with E-state index in [-0.39, 0.29) is 11.9 Å². The van der Waals surface area contributed by atoms with Crippen LogP contribution in [0, 0.1) is 5.92 Å². The number of carbonyl (C=O) groups excluding carboxylic acids is 1. The van der Waals surface area contributed by atoms with Crippen molar-refractivity contribution in [2.24, 2.45) is 5.92 Å². The van der Waals surface area contributed by atoms with Crippen LogP contribution in [0.5, 0.6) is 0 Å².